The highest BCUT2D eigenvalue weighted by Gasteiger charge is 2.27. The van der Waals surface area contributed by atoms with Gasteiger partial charge in [0.1, 0.15) is 0 Å². The lowest BCUT2D eigenvalue weighted by atomic mass is 10.0. The first kappa shape index (κ1) is 19.4. The zero-order chi connectivity index (χ0) is 15.4. The van der Waals surface area contributed by atoms with Crippen LogP contribution in [0, 0.1) is 5.92 Å². The van der Waals surface area contributed by atoms with Crippen LogP contribution in [0.25, 0.3) is 0 Å². The highest BCUT2D eigenvalue weighted by Crippen LogP contribution is 2.20. The maximum atomic E-state index is 12.3. The second-order valence-electron chi connectivity index (χ2n) is 5.98. The first-order valence-corrected chi connectivity index (χ1v) is 8.22. The largest absolute Gasteiger partial charge is 0.340 e. The summed E-state index contributed by atoms with van der Waals surface area (Å²) in [5.74, 6) is 0.683. The van der Waals surface area contributed by atoms with E-state index in [9.17, 15) is 4.79 Å². The molecule has 1 amide bonds. The predicted octanol–water partition coefficient (Wildman–Crippen LogP) is 2.50. The highest BCUT2D eigenvalue weighted by atomic mass is 79.9. The molecule has 124 valence electrons. The van der Waals surface area contributed by atoms with Gasteiger partial charge in [0, 0.05) is 30.7 Å². The van der Waals surface area contributed by atoms with Crippen LogP contribution in [-0.2, 0) is 11.3 Å². The standard InChI is InChI=1S/C16H24BrN3O.ClH/c1-12(18)13-7-8-20(10-13)11-16(21)19(2)9-14-5-3-4-6-15(14)17;/h3-6,12-13H,7-11,18H2,1-2H3;1H. The Bertz CT molecular complexity index is 498. The van der Waals surface area contributed by atoms with Crippen molar-refractivity contribution >= 4 is 34.2 Å². The number of likely N-dealkylation sites (tertiary alicyclic amines) is 1. The molecule has 2 unspecified atom stereocenters. The molecule has 2 rings (SSSR count). The van der Waals surface area contributed by atoms with Gasteiger partial charge in [-0.25, -0.2) is 0 Å². The van der Waals surface area contributed by atoms with Crippen molar-refractivity contribution in [1.29, 1.82) is 0 Å². The van der Waals surface area contributed by atoms with Gasteiger partial charge in [0.15, 0.2) is 0 Å². The number of carbonyl (C=O) groups is 1. The maximum absolute atomic E-state index is 12.3. The SMILES string of the molecule is CC(N)C1CCN(CC(=O)N(C)Cc2ccccc2Br)C1.Cl. The van der Waals surface area contributed by atoms with Gasteiger partial charge >= 0.3 is 0 Å². The number of amides is 1. The minimum atomic E-state index is 0. The Kier molecular flexibility index (Phi) is 7.83. The fourth-order valence-corrected chi connectivity index (χ4v) is 3.13. The molecule has 0 spiro atoms. The first-order valence-electron chi connectivity index (χ1n) is 7.42. The van der Waals surface area contributed by atoms with Gasteiger partial charge in [-0.05, 0) is 37.4 Å². The van der Waals surface area contributed by atoms with E-state index in [2.05, 4.69) is 27.8 Å². The van der Waals surface area contributed by atoms with Crippen LogP contribution in [0.5, 0.6) is 0 Å². The number of nitrogens with two attached hydrogens (primary N) is 1. The molecule has 1 fully saturated rings. The van der Waals surface area contributed by atoms with Crippen LogP contribution >= 0.6 is 28.3 Å². The van der Waals surface area contributed by atoms with Crippen LogP contribution in [0.2, 0.25) is 0 Å². The Labute approximate surface area is 147 Å². The molecule has 0 aliphatic carbocycles. The molecule has 1 aromatic carbocycles. The second kappa shape index (κ2) is 8.87. The van der Waals surface area contributed by atoms with Gasteiger partial charge in [-0.1, -0.05) is 34.1 Å². The molecule has 1 saturated heterocycles. The number of benzene rings is 1. The van der Waals surface area contributed by atoms with Crippen LogP contribution < -0.4 is 5.73 Å². The molecule has 0 bridgehead atoms. The van der Waals surface area contributed by atoms with E-state index >= 15 is 0 Å². The third-order valence-electron chi connectivity index (χ3n) is 4.20. The number of nitrogens with zero attached hydrogens (tertiary/aromatic N) is 2. The number of hydrogen-bond acceptors (Lipinski definition) is 3. The molecule has 1 aliphatic rings. The average Bonchev–Trinajstić information content (AvgIpc) is 2.90. The van der Waals surface area contributed by atoms with Crippen LogP contribution in [-0.4, -0.2) is 48.4 Å². The topological polar surface area (TPSA) is 49.6 Å². The lowest BCUT2D eigenvalue weighted by Crippen LogP contribution is -2.38. The van der Waals surface area contributed by atoms with E-state index in [1.54, 1.807) is 4.90 Å². The van der Waals surface area contributed by atoms with Crippen LogP contribution in [0.4, 0.5) is 0 Å². The number of halogens is 2. The summed E-state index contributed by atoms with van der Waals surface area (Å²) in [6.45, 7) is 5.08. The van der Waals surface area contributed by atoms with E-state index in [1.807, 2.05) is 31.3 Å². The third kappa shape index (κ3) is 5.23. The van der Waals surface area contributed by atoms with Crippen molar-refractivity contribution in [3.63, 3.8) is 0 Å². The molecular formula is C16H25BrClN3O. The van der Waals surface area contributed by atoms with Gasteiger partial charge in [0.25, 0.3) is 0 Å². The molecule has 1 aromatic rings. The number of carbonyl (C=O) groups excluding carboxylic acids is 1. The van der Waals surface area contributed by atoms with Crippen molar-refractivity contribution in [2.45, 2.75) is 25.9 Å². The Balaban J connectivity index is 0.00000242. The van der Waals surface area contributed by atoms with Crippen LogP contribution in [0.15, 0.2) is 28.7 Å². The normalized spacial score (nSPS) is 19.5. The highest BCUT2D eigenvalue weighted by molar-refractivity contribution is 9.10. The Morgan fingerprint density at radius 3 is 2.77 bits per heavy atom. The molecule has 2 N–H and O–H groups in total. The summed E-state index contributed by atoms with van der Waals surface area (Å²) in [5.41, 5.74) is 7.07. The van der Waals surface area contributed by atoms with Crippen molar-refractivity contribution in [3.8, 4) is 0 Å². The Morgan fingerprint density at radius 2 is 2.18 bits per heavy atom. The summed E-state index contributed by atoms with van der Waals surface area (Å²) in [4.78, 5) is 16.3. The third-order valence-corrected chi connectivity index (χ3v) is 4.98. The van der Waals surface area contributed by atoms with E-state index in [0.29, 0.717) is 19.0 Å². The zero-order valence-electron chi connectivity index (χ0n) is 13.2. The van der Waals surface area contributed by atoms with Crippen molar-refractivity contribution in [3.05, 3.63) is 34.3 Å². The average molecular weight is 391 g/mol. The van der Waals surface area contributed by atoms with Gasteiger partial charge in [0.05, 0.1) is 6.54 Å². The number of hydrogen-bond donors (Lipinski definition) is 1. The zero-order valence-corrected chi connectivity index (χ0v) is 15.6. The summed E-state index contributed by atoms with van der Waals surface area (Å²) in [5, 5.41) is 0. The molecule has 4 nitrogen and oxygen atoms in total. The Morgan fingerprint density at radius 1 is 1.50 bits per heavy atom. The molecule has 0 aromatic heterocycles. The van der Waals surface area contributed by atoms with Gasteiger partial charge in [0.2, 0.25) is 5.91 Å². The van der Waals surface area contributed by atoms with E-state index in [4.69, 9.17) is 5.73 Å². The summed E-state index contributed by atoms with van der Waals surface area (Å²) >= 11 is 3.52. The minimum Gasteiger partial charge on any atom is -0.340 e. The lowest BCUT2D eigenvalue weighted by Gasteiger charge is -2.22. The fourth-order valence-electron chi connectivity index (χ4n) is 2.72. The summed E-state index contributed by atoms with van der Waals surface area (Å²) in [6.07, 6.45) is 1.10. The minimum absolute atomic E-state index is 0. The van der Waals surface area contributed by atoms with Crippen molar-refractivity contribution in [1.82, 2.24) is 9.80 Å². The number of rotatable bonds is 5. The van der Waals surface area contributed by atoms with Gasteiger partial charge < -0.3 is 10.6 Å². The summed E-state index contributed by atoms with van der Waals surface area (Å²) < 4.78 is 1.04. The van der Waals surface area contributed by atoms with Gasteiger partial charge in [-0.3, -0.25) is 9.69 Å². The second-order valence-corrected chi connectivity index (χ2v) is 6.84. The molecule has 0 radical (unpaired) electrons. The van der Waals surface area contributed by atoms with Crippen LogP contribution in [0.3, 0.4) is 0 Å². The molecule has 22 heavy (non-hydrogen) atoms. The van der Waals surface area contributed by atoms with E-state index in [0.717, 1.165) is 29.5 Å². The van der Waals surface area contributed by atoms with E-state index < -0.39 is 0 Å². The monoisotopic (exact) mass is 389 g/mol. The van der Waals surface area contributed by atoms with Crippen molar-refractivity contribution in [2.75, 3.05) is 26.7 Å². The number of likely N-dealkylation sites (N-methyl/N-ethyl adjacent to an activating group) is 1. The molecular weight excluding hydrogens is 366 g/mol. The Hall–Kier alpha value is -0.620. The molecule has 0 saturated carbocycles. The van der Waals surface area contributed by atoms with E-state index in [1.165, 1.54) is 0 Å². The quantitative estimate of drug-likeness (QED) is 0.840. The van der Waals surface area contributed by atoms with Gasteiger partial charge in [-0.2, -0.15) is 0 Å². The van der Waals surface area contributed by atoms with E-state index in [-0.39, 0.29) is 24.4 Å². The molecule has 2 atom stereocenters. The lowest BCUT2D eigenvalue weighted by molar-refractivity contribution is -0.131. The summed E-state index contributed by atoms with van der Waals surface area (Å²) in [6, 6.07) is 8.22. The molecule has 6 heteroatoms. The molecule has 1 heterocycles. The first-order chi connectivity index (χ1) is 9.97. The fraction of sp³-hybridized carbons (Fsp3) is 0.562. The van der Waals surface area contributed by atoms with Crippen LogP contribution in [0.1, 0.15) is 18.9 Å². The summed E-state index contributed by atoms with van der Waals surface area (Å²) in [7, 11) is 1.86. The predicted molar refractivity (Wildman–Crippen MR) is 96.1 cm³/mol. The van der Waals surface area contributed by atoms with Crippen molar-refractivity contribution < 1.29 is 4.79 Å². The van der Waals surface area contributed by atoms with Gasteiger partial charge in [-0.15, -0.1) is 12.4 Å². The molecule has 1 aliphatic heterocycles. The smallest absolute Gasteiger partial charge is 0.236 e. The maximum Gasteiger partial charge on any atom is 0.236 e. The van der Waals surface area contributed by atoms with Crippen molar-refractivity contribution in [2.24, 2.45) is 11.7 Å².